The summed E-state index contributed by atoms with van der Waals surface area (Å²) in [4.78, 5) is 51.0. The second kappa shape index (κ2) is 4.74. The molecular formula is C9H9N5O4S. The minimum atomic E-state index is -0.912. The fourth-order valence-electron chi connectivity index (χ4n) is 1.46. The zero-order valence-corrected chi connectivity index (χ0v) is 10.6. The summed E-state index contributed by atoms with van der Waals surface area (Å²) in [5.41, 5.74) is 2.25. The highest BCUT2D eigenvalue weighted by Crippen LogP contribution is 2.16. The zero-order valence-electron chi connectivity index (χ0n) is 9.74. The van der Waals surface area contributed by atoms with Crippen LogP contribution in [0.4, 0.5) is 4.79 Å². The summed E-state index contributed by atoms with van der Waals surface area (Å²) in [6.07, 6.45) is 0. The van der Waals surface area contributed by atoms with Crippen molar-refractivity contribution in [2.45, 2.75) is 6.54 Å². The number of rotatable bonds is 3. The van der Waals surface area contributed by atoms with Gasteiger partial charge in [0, 0.05) is 12.4 Å². The highest BCUT2D eigenvalue weighted by molar-refractivity contribution is 7.11. The quantitative estimate of drug-likeness (QED) is 0.233. The number of thiazole rings is 1. The van der Waals surface area contributed by atoms with Crippen molar-refractivity contribution in [1.29, 1.82) is 0 Å². The lowest BCUT2D eigenvalue weighted by molar-refractivity contribution is -0.143. The van der Waals surface area contributed by atoms with Crippen molar-refractivity contribution in [3.8, 4) is 0 Å². The van der Waals surface area contributed by atoms with Gasteiger partial charge >= 0.3 is 17.8 Å². The number of imide groups is 2. The summed E-state index contributed by atoms with van der Waals surface area (Å²) >= 11 is 1.02. The molecule has 1 saturated heterocycles. The monoisotopic (exact) mass is 283 g/mol. The summed E-state index contributed by atoms with van der Waals surface area (Å²) in [5, 5.41) is 1.62. The molecular weight excluding hydrogens is 274 g/mol. The van der Waals surface area contributed by atoms with Gasteiger partial charge in [-0.2, -0.15) is 0 Å². The number of nitrogen functional groups attached to an aromatic ring is 1. The molecule has 2 rings (SSSR count). The summed E-state index contributed by atoms with van der Waals surface area (Å²) < 4.78 is 0. The Bertz CT molecular complexity index is 583. The third-order valence-corrected chi connectivity index (χ3v) is 3.34. The molecule has 1 aliphatic heterocycles. The summed E-state index contributed by atoms with van der Waals surface area (Å²) in [5.74, 6) is 2.59. The number of carbonyl (C=O) groups excluding carboxylic acids is 4. The first-order valence-corrected chi connectivity index (χ1v) is 5.92. The van der Waals surface area contributed by atoms with E-state index in [2.05, 4.69) is 4.98 Å². The van der Waals surface area contributed by atoms with Crippen LogP contribution in [0.2, 0.25) is 0 Å². The van der Waals surface area contributed by atoms with E-state index in [1.165, 1.54) is 12.4 Å². The molecule has 1 aromatic heterocycles. The highest BCUT2D eigenvalue weighted by atomic mass is 32.1. The Hall–Kier alpha value is -2.33. The summed E-state index contributed by atoms with van der Waals surface area (Å²) in [6.45, 7) is -0.165. The molecule has 5 amide bonds. The predicted octanol–water partition coefficient (Wildman–Crippen LogP) is -1.33. The zero-order chi connectivity index (χ0) is 14.2. The van der Waals surface area contributed by atoms with E-state index in [0.29, 0.717) is 5.69 Å². The fourth-order valence-corrected chi connectivity index (χ4v) is 2.17. The third-order valence-electron chi connectivity index (χ3n) is 2.45. The van der Waals surface area contributed by atoms with Crippen molar-refractivity contribution >= 4 is 35.1 Å². The third kappa shape index (κ3) is 2.18. The fraction of sp³-hybridized carbons (Fsp3) is 0.222. The number of carbonyl (C=O) groups is 4. The molecule has 19 heavy (non-hydrogen) atoms. The van der Waals surface area contributed by atoms with E-state index >= 15 is 0 Å². The van der Waals surface area contributed by atoms with Crippen LogP contribution in [-0.4, -0.2) is 45.6 Å². The second-order valence-electron chi connectivity index (χ2n) is 3.66. The smallest absolute Gasteiger partial charge is 0.288 e. The Morgan fingerprint density at radius 1 is 1.42 bits per heavy atom. The van der Waals surface area contributed by atoms with Gasteiger partial charge in [0.2, 0.25) is 0 Å². The Morgan fingerprint density at radius 3 is 2.63 bits per heavy atom. The van der Waals surface area contributed by atoms with Crippen molar-refractivity contribution in [3.05, 3.63) is 16.1 Å². The van der Waals surface area contributed by atoms with Crippen molar-refractivity contribution in [2.75, 3.05) is 7.05 Å². The van der Waals surface area contributed by atoms with E-state index in [1.54, 1.807) is 0 Å². The molecule has 10 heteroatoms. The average molecular weight is 283 g/mol. The van der Waals surface area contributed by atoms with Crippen LogP contribution in [0.1, 0.15) is 15.5 Å². The van der Waals surface area contributed by atoms with Gasteiger partial charge in [0.1, 0.15) is 0 Å². The molecule has 0 radical (unpaired) electrons. The molecule has 100 valence electrons. The molecule has 0 atom stereocenters. The highest BCUT2D eigenvalue weighted by Gasteiger charge is 2.42. The molecule has 0 aromatic carbocycles. The van der Waals surface area contributed by atoms with E-state index in [-0.39, 0.29) is 11.6 Å². The Morgan fingerprint density at radius 2 is 2.11 bits per heavy atom. The van der Waals surface area contributed by atoms with Crippen LogP contribution in [0.3, 0.4) is 0 Å². The van der Waals surface area contributed by atoms with Crippen LogP contribution in [-0.2, 0) is 16.1 Å². The second-order valence-corrected chi connectivity index (χ2v) is 4.51. The number of hydrazine groups is 1. The minimum Gasteiger partial charge on any atom is -0.288 e. The van der Waals surface area contributed by atoms with Gasteiger partial charge in [-0.1, -0.05) is 0 Å². The van der Waals surface area contributed by atoms with Gasteiger partial charge in [-0.05, 0) is 0 Å². The van der Waals surface area contributed by atoms with Crippen LogP contribution >= 0.6 is 11.3 Å². The molecule has 1 aliphatic rings. The predicted molar refractivity (Wildman–Crippen MR) is 62.5 cm³/mol. The standard InChI is InChI=1S/C9H9N5O4S/c1-13-7(16)8(17)14(9(13)18)2-4-3-19-6(11-4)5(15)12-10/h3H,2,10H2,1H3,(H,12,15). The topological polar surface area (TPSA) is 126 Å². The van der Waals surface area contributed by atoms with Gasteiger partial charge < -0.3 is 0 Å². The van der Waals surface area contributed by atoms with Crippen molar-refractivity contribution in [2.24, 2.45) is 5.84 Å². The molecule has 0 aliphatic carbocycles. The number of nitrogens with zero attached hydrogens (tertiary/aromatic N) is 3. The number of hydrogen-bond acceptors (Lipinski definition) is 7. The van der Waals surface area contributed by atoms with E-state index in [9.17, 15) is 19.2 Å². The molecule has 0 saturated carbocycles. The van der Waals surface area contributed by atoms with Gasteiger partial charge in [-0.3, -0.25) is 24.7 Å². The van der Waals surface area contributed by atoms with Gasteiger partial charge in [0.15, 0.2) is 5.01 Å². The van der Waals surface area contributed by atoms with Crippen LogP contribution < -0.4 is 11.3 Å². The summed E-state index contributed by atoms with van der Waals surface area (Å²) in [6, 6.07) is -0.715. The van der Waals surface area contributed by atoms with Gasteiger partial charge in [0.05, 0.1) is 12.2 Å². The number of hydrogen-bond donors (Lipinski definition) is 2. The maximum absolute atomic E-state index is 11.6. The average Bonchev–Trinajstić information content (AvgIpc) is 2.94. The lowest BCUT2D eigenvalue weighted by atomic mass is 10.4. The first-order valence-electron chi connectivity index (χ1n) is 5.04. The van der Waals surface area contributed by atoms with Crippen LogP contribution in [0.15, 0.2) is 5.38 Å². The Kier molecular flexibility index (Phi) is 3.27. The number of nitrogens with two attached hydrogens (primary N) is 1. The normalized spacial score (nSPS) is 15.4. The van der Waals surface area contributed by atoms with Gasteiger partial charge in [0.25, 0.3) is 5.91 Å². The van der Waals surface area contributed by atoms with E-state index < -0.39 is 23.8 Å². The first kappa shape index (κ1) is 13.1. The van der Waals surface area contributed by atoms with E-state index in [4.69, 9.17) is 5.84 Å². The Balaban J connectivity index is 2.16. The maximum atomic E-state index is 11.6. The van der Waals surface area contributed by atoms with Crippen molar-refractivity contribution < 1.29 is 19.2 Å². The van der Waals surface area contributed by atoms with Gasteiger partial charge in [-0.25, -0.2) is 20.5 Å². The molecule has 3 N–H and O–H groups in total. The number of aromatic nitrogens is 1. The largest absolute Gasteiger partial charge is 0.334 e. The SMILES string of the molecule is CN1C(=O)C(=O)N(Cc2csc(C(=O)NN)n2)C1=O. The van der Waals surface area contributed by atoms with Crippen molar-refractivity contribution in [1.82, 2.24) is 20.2 Å². The Labute approximate surface area is 111 Å². The molecule has 1 aromatic rings. The molecule has 9 nitrogen and oxygen atoms in total. The van der Waals surface area contributed by atoms with Crippen LogP contribution in [0.5, 0.6) is 0 Å². The minimum absolute atomic E-state index is 0.108. The van der Waals surface area contributed by atoms with E-state index in [0.717, 1.165) is 21.1 Å². The molecule has 2 heterocycles. The van der Waals surface area contributed by atoms with Crippen molar-refractivity contribution in [3.63, 3.8) is 0 Å². The summed E-state index contributed by atoms with van der Waals surface area (Å²) in [7, 11) is 1.22. The number of urea groups is 1. The lowest BCUT2D eigenvalue weighted by Crippen LogP contribution is -2.31. The first-order chi connectivity index (χ1) is 8.95. The maximum Gasteiger partial charge on any atom is 0.334 e. The molecule has 1 fully saturated rings. The number of amides is 5. The molecule has 0 unspecified atom stereocenters. The van der Waals surface area contributed by atoms with Crippen LogP contribution in [0, 0.1) is 0 Å². The number of likely N-dealkylation sites (N-methyl/N-ethyl adjacent to an activating group) is 1. The van der Waals surface area contributed by atoms with Gasteiger partial charge in [-0.15, -0.1) is 11.3 Å². The van der Waals surface area contributed by atoms with E-state index in [1.807, 2.05) is 5.43 Å². The molecule has 0 spiro atoms. The lowest BCUT2D eigenvalue weighted by Gasteiger charge is -2.10. The number of nitrogens with one attached hydrogen (secondary N) is 1. The van der Waals surface area contributed by atoms with Crippen LogP contribution in [0.25, 0.3) is 0 Å². The molecule has 0 bridgehead atoms.